The van der Waals surface area contributed by atoms with E-state index in [4.69, 9.17) is 17.4 Å². The molecule has 1 amide bonds. The Balaban J connectivity index is 1.62. The molecule has 0 fully saturated rings. The third-order valence-electron chi connectivity index (χ3n) is 3.73. The van der Waals surface area contributed by atoms with Gasteiger partial charge in [-0.2, -0.15) is 8.78 Å². The van der Waals surface area contributed by atoms with Gasteiger partial charge in [-0.3, -0.25) is 4.79 Å². The zero-order valence-corrected chi connectivity index (χ0v) is 16.7. The quantitative estimate of drug-likeness (QED) is 0.427. The number of anilines is 1. The van der Waals surface area contributed by atoms with Gasteiger partial charge in [0.05, 0.1) is 16.5 Å². The van der Waals surface area contributed by atoms with Crippen molar-refractivity contribution >= 4 is 35.0 Å². The molecule has 0 aliphatic carbocycles. The molecule has 3 rings (SSSR count). The highest BCUT2D eigenvalue weighted by Crippen LogP contribution is 2.26. The van der Waals surface area contributed by atoms with Crippen LogP contribution in [0.2, 0.25) is 5.02 Å². The summed E-state index contributed by atoms with van der Waals surface area (Å²) < 4.78 is 30.0. The van der Waals surface area contributed by atoms with Gasteiger partial charge in [-0.15, -0.1) is 10.2 Å². The largest absolute Gasteiger partial charge is 0.435 e. The minimum atomic E-state index is -2.90. The van der Waals surface area contributed by atoms with Crippen molar-refractivity contribution in [2.45, 2.75) is 18.7 Å². The first-order chi connectivity index (χ1) is 13.8. The molecule has 0 spiro atoms. The summed E-state index contributed by atoms with van der Waals surface area (Å²) in [5, 5.41) is 11.4. The predicted molar refractivity (Wildman–Crippen MR) is 108 cm³/mol. The fourth-order valence-corrected chi connectivity index (χ4v) is 3.33. The molecule has 7 nitrogen and oxygen atoms in total. The van der Waals surface area contributed by atoms with Gasteiger partial charge >= 0.3 is 6.61 Å². The molecule has 1 aromatic heterocycles. The number of aromatic nitrogens is 3. The molecule has 0 saturated heterocycles. The van der Waals surface area contributed by atoms with Crippen molar-refractivity contribution in [3.05, 3.63) is 53.1 Å². The van der Waals surface area contributed by atoms with Gasteiger partial charge in [0.1, 0.15) is 5.75 Å². The number of rotatable bonds is 7. The van der Waals surface area contributed by atoms with Crippen LogP contribution in [0.1, 0.15) is 5.56 Å². The smallest absolute Gasteiger partial charge is 0.387 e. The van der Waals surface area contributed by atoms with Gasteiger partial charge in [-0.1, -0.05) is 29.4 Å². The van der Waals surface area contributed by atoms with Crippen molar-refractivity contribution in [3.8, 4) is 17.1 Å². The van der Waals surface area contributed by atoms with Crippen molar-refractivity contribution in [3.63, 3.8) is 0 Å². The maximum absolute atomic E-state index is 12.2. The number of hydrogen-bond acceptors (Lipinski definition) is 6. The number of aryl methyl sites for hydroxylation is 1. The van der Waals surface area contributed by atoms with E-state index in [1.54, 1.807) is 12.1 Å². The molecule has 1 heterocycles. The van der Waals surface area contributed by atoms with Gasteiger partial charge in [0.2, 0.25) is 11.1 Å². The number of carbonyl (C=O) groups is 1. The molecule has 0 bridgehead atoms. The number of carbonyl (C=O) groups excluding carboxylic acids is 1. The van der Waals surface area contributed by atoms with Crippen LogP contribution in [0.3, 0.4) is 0 Å². The van der Waals surface area contributed by atoms with E-state index < -0.39 is 6.61 Å². The molecule has 152 valence electrons. The molecule has 0 radical (unpaired) electrons. The monoisotopic (exact) mass is 439 g/mol. The standard InChI is InChI=1S/C18H16ClF2N5O2S/c1-10-2-7-14(13(19)8-10)23-15(27)9-29-18-25-24-16(26(18)22)11-3-5-12(6-4-11)28-17(20)21/h2-8,17H,9,22H2,1H3,(H,23,27). The highest BCUT2D eigenvalue weighted by Gasteiger charge is 2.15. The van der Waals surface area contributed by atoms with Gasteiger partial charge in [-0.25, -0.2) is 4.68 Å². The summed E-state index contributed by atoms with van der Waals surface area (Å²) in [4.78, 5) is 12.2. The summed E-state index contributed by atoms with van der Waals surface area (Å²) in [5.74, 6) is 6.10. The van der Waals surface area contributed by atoms with E-state index in [1.807, 2.05) is 13.0 Å². The first kappa shape index (κ1) is 20.9. The van der Waals surface area contributed by atoms with E-state index in [0.717, 1.165) is 17.3 Å². The molecule has 0 aliphatic heterocycles. The lowest BCUT2D eigenvalue weighted by Crippen LogP contribution is -2.16. The number of ether oxygens (including phenoxy) is 1. The lowest BCUT2D eigenvalue weighted by atomic mass is 10.2. The Kier molecular flexibility index (Phi) is 6.55. The topological polar surface area (TPSA) is 95.1 Å². The fourth-order valence-electron chi connectivity index (χ4n) is 2.40. The Bertz CT molecular complexity index is 1010. The van der Waals surface area contributed by atoms with Crippen LogP contribution in [0.5, 0.6) is 5.75 Å². The molecule has 0 aliphatic rings. The third-order valence-corrected chi connectivity index (χ3v) is 4.99. The van der Waals surface area contributed by atoms with E-state index in [2.05, 4.69) is 20.3 Å². The van der Waals surface area contributed by atoms with Crippen LogP contribution in [0.15, 0.2) is 47.6 Å². The summed E-state index contributed by atoms with van der Waals surface area (Å²) in [6.07, 6.45) is 0. The van der Waals surface area contributed by atoms with Gasteiger partial charge in [0, 0.05) is 5.56 Å². The van der Waals surface area contributed by atoms with Gasteiger partial charge < -0.3 is 15.9 Å². The highest BCUT2D eigenvalue weighted by atomic mass is 35.5. The first-order valence-electron chi connectivity index (χ1n) is 8.28. The van der Waals surface area contributed by atoms with Crippen molar-refractivity contribution in [2.75, 3.05) is 16.9 Å². The summed E-state index contributed by atoms with van der Waals surface area (Å²) in [7, 11) is 0. The lowest BCUT2D eigenvalue weighted by Gasteiger charge is -2.08. The van der Waals surface area contributed by atoms with Crippen molar-refractivity contribution in [2.24, 2.45) is 0 Å². The van der Waals surface area contributed by atoms with Crippen LogP contribution in [-0.2, 0) is 4.79 Å². The number of benzene rings is 2. The van der Waals surface area contributed by atoms with E-state index in [-0.39, 0.29) is 17.4 Å². The van der Waals surface area contributed by atoms with Gasteiger partial charge in [0.15, 0.2) is 5.82 Å². The molecule has 29 heavy (non-hydrogen) atoms. The molecule has 11 heteroatoms. The molecule has 3 aromatic rings. The number of nitrogens with one attached hydrogen (secondary N) is 1. The Morgan fingerprint density at radius 3 is 2.66 bits per heavy atom. The second-order valence-corrected chi connectivity index (χ2v) is 7.25. The van der Waals surface area contributed by atoms with Crippen molar-refractivity contribution < 1.29 is 18.3 Å². The van der Waals surface area contributed by atoms with E-state index in [0.29, 0.717) is 27.3 Å². The number of hydrogen-bond donors (Lipinski definition) is 2. The van der Waals surface area contributed by atoms with E-state index in [9.17, 15) is 13.6 Å². The summed E-state index contributed by atoms with van der Waals surface area (Å²) in [5.41, 5.74) is 2.06. The Hall–Kier alpha value is -2.85. The minimum absolute atomic E-state index is 0.0212. The molecular formula is C18H16ClF2N5O2S. The Labute approximate surface area is 174 Å². The summed E-state index contributed by atoms with van der Waals surface area (Å²) in [6, 6.07) is 11.1. The van der Waals surface area contributed by atoms with Gasteiger partial charge in [-0.05, 0) is 48.9 Å². The van der Waals surface area contributed by atoms with Crippen LogP contribution in [0.4, 0.5) is 14.5 Å². The minimum Gasteiger partial charge on any atom is -0.435 e. The summed E-state index contributed by atoms with van der Waals surface area (Å²) >= 11 is 7.20. The molecule has 3 N–H and O–H groups in total. The van der Waals surface area contributed by atoms with Crippen molar-refractivity contribution in [1.29, 1.82) is 0 Å². The Morgan fingerprint density at radius 1 is 1.28 bits per heavy atom. The number of nitrogens with zero attached hydrogens (tertiary/aromatic N) is 3. The van der Waals surface area contributed by atoms with E-state index >= 15 is 0 Å². The third kappa shape index (κ3) is 5.36. The maximum atomic E-state index is 12.2. The Morgan fingerprint density at radius 2 is 2.00 bits per heavy atom. The maximum Gasteiger partial charge on any atom is 0.387 e. The zero-order valence-electron chi connectivity index (χ0n) is 15.1. The number of amides is 1. The van der Waals surface area contributed by atoms with Crippen LogP contribution in [0.25, 0.3) is 11.4 Å². The number of halogens is 3. The predicted octanol–water partition coefficient (Wildman–Crippen LogP) is 3.95. The van der Waals surface area contributed by atoms with Crippen LogP contribution < -0.4 is 15.9 Å². The molecule has 0 saturated carbocycles. The molecule has 0 unspecified atom stereocenters. The lowest BCUT2D eigenvalue weighted by molar-refractivity contribution is -0.113. The number of nitrogens with two attached hydrogens (primary N) is 1. The molecular weight excluding hydrogens is 424 g/mol. The zero-order chi connectivity index (χ0) is 21.0. The fraction of sp³-hybridized carbons (Fsp3) is 0.167. The van der Waals surface area contributed by atoms with Crippen LogP contribution >= 0.6 is 23.4 Å². The average molecular weight is 440 g/mol. The summed E-state index contributed by atoms with van der Waals surface area (Å²) in [6.45, 7) is -0.999. The first-order valence-corrected chi connectivity index (χ1v) is 9.64. The van der Waals surface area contributed by atoms with E-state index in [1.165, 1.54) is 28.9 Å². The average Bonchev–Trinajstić information content (AvgIpc) is 3.03. The highest BCUT2D eigenvalue weighted by molar-refractivity contribution is 7.99. The van der Waals surface area contributed by atoms with Crippen molar-refractivity contribution in [1.82, 2.24) is 14.9 Å². The molecule has 2 aromatic carbocycles. The number of nitrogen functional groups attached to an aromatic ring is 1. The van der Waals surface area contributed by atoms with Gasteiger partial charge in [0.25, 0.3) is 0 Å². The number of alkyl halides is 2. The van der Waals surface area contributed by atoms with Crippen LogP contribution in [-0.4, -0.2) is 33.1 Å². The normalized spacial score (nSPS) is 10.9. The number of thioether (sulfide) groups is 1. The van der Waals surface area contributed by atoms with Crippen LogP contribution in [0, 0.1) is 6.92 Å². The second-order valence-electron chi connectivity index (χ2n) is 5.90. The SMILES string of the molecule is Cc1ccc(NC(=O)CSc2nnc(-c3ccc(OC(F)F)cc3)n2N)c(Cl)c1. The molecule has 0 atom stereocenters. The second kappa shape index (κ2) is 9.10.